The maximum Gasteiger partial charge on any atom is 0.296 e. The van der Waals surface area contributed by atoms with Crippen molar-refractivity contribution in [2.24, 2.45) is 0 Å². The molecule has 0 saturated carbocycles. The van der Waals surface area contributed by atoms with Gasteiger partial charge in [-0.2, -0.15) is 5.26 Å². The molecule has 0 fully saturated rings. The molecular weight excluding hydrogens is 314 g/mol. The van der Waals surface area contributed by atoms with Gasteiger partial charge in [-0.05, 0) is 67.2 Å². The molecule has 0 unspecified atom stereocenters. The van der Waals surface area contributed by atoms with Gasteiger partial charge < -0.3 is 9.32 Å². The number of hydrogen-bond acceptors (Lipinski definition) is 4. The number of aryl methyl sites for hydroxylation is 2. The van der Waals surface area contributed by atoms with Crippen molar-refractivity contribution in [1.29, 1.82) is 5.26 Å². The van der Waals surface area contributed by atoms with Gasteiger partial charge in [0, 0.05) is 25.3 Å². The molecule has 2 aromatic rings. The van der Waals surface area contributed by atoms with Crippen molar-refractivity contribution >= 4 is 18.3 Å². The van der Waals surface area contributed by atoms with Crippen molar-refractivity contribution in [3.8, 4) is 6.07 Å². The van der Waals surface area contributed by atoms with Gasteiger partial charge in [-0.1, -0.05) is 0 Å². The highest BCUT2D eigenvalue weighted by Crippen LogP contribution is 2.36. The first-order chi connectivity index (χ1) is 12.2. The molecule has 5 heteroatoms. The molecular formula is C20H21N3O2. The first-order valence-electron chi connectivity index (χ1n) is 8.85. The predicted octanol–water partition coefficient (Wildman–Crippen LogP) is 1.29. The van der Waals surface area contributed by atoms with Crippen molar-refractivity contribution in [3.63, 3.8) is 0 Å². The molecule has 0 N–H and O–H groups in total. The number of nitrogens with zero attached hydrogens (tertiary/aromatic N) is 3. The van der Waals surface area contributed by atoms with E-state index in [4.69, 9.17) is 9.68 Å². The summed E-state index contributed by atoms with van der Waals surface area (Å²) >= 11 is 0. The first-order valence-corrected chi connectivity index (χ1v) is 8.85. The van der Waals surface area contributed by atoms with Crippen LogP contribution in [0, 0.1) is 11.3 Å². The largest absolute Gasteiger partial charge is 0.436 e. The van der Waals surface area contributed by atoms with Crippen LogP contribution in [0.15, 0.2) is 21.3 Å². The zero-order valence-electron chi connectivity index (χ0n) is 14.3. The van der Waals surface area contributed by atoms with Crippen molar-refractivity contribution in [1.82, 2.24) is 4.57 Å². The van der Waals surface area contributed by atoms with Crippen LogP contribution in [0.25, 0.3) is 12.7 Å². The third-order valence-electron chi connectivity index (χ3n) is 5.08. The van der Waals surface area contributed by atoms with E-state index in [1.165, 1.54) is 34.2 Å². The minimum absolute atomic E-state index is 0.215. The average molecular weight is 335 g/mol. The van der Waals surface area contributed by atoms with Gasteiger partial charge in [-0.3, -0.25) is 9.36 Å². The fourth-order valence-corrected chi connectivity index (χ4v) is 4.02. The average Bonchev–Trinajstić information content (AvgIpc) is 2.87. The van der Waals surface area contributed by atoms with E-state index in [0.29, 0.717) is 17.5 Å². The minimum atomic E-state index is -0.215. The molecule has 4 rings (SSSR count). The molecule has 1 aromatic heterocycles. The lowest BCUT2D eigenvalue weighted by Gasteiger charge is -2.37. The Morgan fingerprint density at radius 1 is 1.24 bits per heavy atom. The summed E-state index contributed by atoms with van der Waals surface area (Å²) < 4.78 is 6.99. The molecule has 0 saturated heterocycles. The molecule has 1 aromatic carbocycles. The second-order valence-corrected chi connectivity index (χ2v) is 6.75. The summed E-state index contributed by atoms with van der Waals surface area (Å²) in [4.78, 5) is 15.0. The van der Waals surface area contributed by atoms with Gasteiger partial charge >= 0.3 is 0 Å². The van der Waals surface area contributed by atoms with Crippen LogP contribution < -0.4 is 21.4 Å². The normalized spacial score (nSPS) is 16.6. The highest BCUT2D eigenvalue weighted by atomic mass is 16.4. The molecule has 0 spiro atoms. The van der Waals surface area contributed by atoms with E-state index in [2.05, 4.69) is 23.6 Å². The van der Waals surface area contributed by atoms with Gasteiger partial charge in [-0.25, -0.2) is 0 Å². The van der Waals surface area contributed by atoms with E-state index in [1.54, 1.807) is 0 Å². The van der Waals surface area contributed by atoms with Crippen LogP contribution in [-0.2, 0) is 19.4 Å². The van der Waals surface area contributed by atoms with Gasteiger partial charge in [0.25, 0.3) is 5.56 Å². The van der Waals surface area contributed by atoms with Gasteiger partial charge in [0.15, 0.2) is 11.0 Å². The lowest BCUT2D eigenvalue weighted by Crippen LogP contribution is -2.34. The van der Waals surface area contributed by atoms with Crippen molar-refractivity contribution < 1.29 is 4.42 Å². The van der Waals surface area contributed by atoms with E-state index in [-0.39, 0.29) is 12.0 Å². The lowest BCUT2D eigenvalue weighted by molar-refractivity contribution is 0.466. The maximum atomic E-state index is 12.5. The van der Waals surface area contributed by atoms with Crippen molar-refractivity contribution in [2.45, 2.75) is 38.6 Å². The maximum absolute atomic E-state index is 12.5. The summed E-state index contributed by atoms with van der Waals surface area (Å²) in [5, 5.41) is 8.72. The third kappa shape index (κ3) is 2.78. The second kappa shape index (κ2) is 6.29. The van der Waals surface area contributed by atoms with Crippen LogP contribution >= 0.6 is 0 Å². The van der Waals surface area contributed by atoms with Crippen molar-refractivity contribution in [3.05, 3.63) is 50.1 Å². The van der Waals surface area contributed by atoms with Crippen LogP contribution in [0.1, 0.15) is 36.0 Å². The smallest absolute Gasteiger partial charge is 0.296 e. The highest BCUT2D eigenvalue weighted by molar-refractivity contribution is 5.67. The number of nitriles is 1. The SMILES string of the molecule is C=c1o/c(=C/c2cc3c4c(c2)CCCN4CCC3)c(=O)n1CCC#N. The van der Waals surface area contributed by atoms with Crippen LogP contribution in [0.5, 0.6) is 0 Å². The highest BCUT2D eigenvalue weighted by Gasteiger charge is 2.23. The molecule has 25 heavy (non-hydrogen) atoms. The topological polar surface area (TPSA) is 62.2 Å². The Bertz CT molecular complexity index is 992. The Morgan fingerprint density at radius 3 is 2.56 bits per heavy atom. The summed E-state index contributed by atoms with van der Waals surface area (Å²) in [6, 6.07) is 6.41. The van der Waals surface area contributed by atoms with Crippen LogP contribution in [0.4, 0.5) is 5.69 Å². The van der Waals surface area contributed by atoms with E-state index in [9.17, 15) is 4.79 Å². The zero-order chi connectivity index (χ0) is 17.4. The van der Waals surface area contributed by atoms with E-state index < -0.39 is 0 Å². The molecule has 128 valence electrons. The number of anilines is 1. The fourth-order valence-electron chi connectivity index (χ4n) is 4.02. The second-order valence-electron chi connectivity index (χ2n) is 6.75. The first kappa shape index (κ1) is 15.8. The van der Waals surface area contributed by atoms with Crippen LogP contribution in [-0.4, -0.2) is 17.7 Å². The van der Waals surface area contributed by atoms with E-state index in [1.807, 2.05) is 12.1 Å². The van der Waals surface area contributed by atoms with Gasteiger partial charge in [0.2, 0.25) is 0 Å². The predicted molar refractivity (Wildman–Crippen MR) is 96.8 cm³/mol. The summed E-state index contributed by atoms with van der Waals surface area (Å²) in [7, 11) is 0. The molecule has 0 atom stereocenters. The Hall–Kier alpha value is -2.74. The van der Waals surface area contributed by atoms with E-state index in [0.717, 1.165) is 31.5 Å². The number of hydrogen-bond donors (Lipinski definition) is 0. The quantitative estimate of drug-likeness (QED) is 0.848. The Morgan fingerprint density at radius 2 is 1.92 bits per heavy atom. The van der Waals surface area contributed by atoms with E-state index >= 15 is 0 Å². The fraction of sp³-hybridized carbons (Fsp3) is 0.400. The molecule has 0 bridgehead atoms. The van der Waals surface area contributed by atoms with Crippen molar-refractivity contribution in [2.75, 3.05) is 18.0 Å². The number of oxazole rings is 1. The molecule has 2 aliphatic heterocycles. The Kier molecular flexibility index (Phi) is 3.96. The molecule has 0 radical (unpaired) electrons. The van der Waals surface area contributed by atoms with Crippen LogP contribution in [0.3, 0.4) is 0 Å². The standard InChI is InChI=1S/C20H21N3O2/c1-14-23(10-4-7-21)20(24)18(25-14)13-15-11-16-5-2-8-22-9-3-6-17(12-15)19(16)22/h11-13H,1-6,8-10H2/b18-13+. The molecule has 0 aliphatic carbocycles. The minimum Gasteiger partial charge on any atom is -0.436 e. The molecule has 2 aliphatic rings. The Labute approximate surface area is 146 Å². The summed E-state index contributed by atoms with van der Waals surface area (Å²) in [6.45, 7) is 6.39. The molecule has 0 amide bonds. The number of benzene rings is 1. The monoisotopic (exact) mass is 335 g/mol. The zero-order valence-corrected chi connectivity index (χ0v) is 14.3. The Balaban J connectivity index is 1.80. The molecule has 3 heterocycles. The summed E-state index contributed by atoms with van der Waals surface area (Å²) in [5.74, 6) is 0. The third-order valence-corrected chi connectivity index (χ3v) is 5.08. The van der Waals surface area contributed by atoms with Crippen LogP contribution in [0.2, 0.25) is 0 Å². The summed E-state index contributed by atoms with van der Waals surface area (Å²) in [6.07, 6.45) is 6.61. The number of rotatable bonds is 3. The molecule has 5 nitrogen and oxygen atoms in total. The lowest BCUT2D eigenvalue weighted by atomic mass is 9.90. The van der Waals surface area contributed by atoms with Gasteiger partial charge in [0.1, 0.15) is 0 Å². The van der Waals surface area contributed by atoms with Gasteiger partial charge in [0.05, 0.1) is 12.5 Å². The summed E-state index contributed by atoms with van der Waals surface area (Å²) in [5.41, 5.74) is 5.56. The number of aromatic nitrogens is 1. The van der Waals surface area contributed by atoms with Gasteiger partial charge in [-0.15, -0.1) is 0 Å².